The predicted molar refractivity (Wildman–Crippen MR) is 89.0 cm³/mol. The highest BCUT2D eigenvalue weighted by molar-refractivity contribution is 7.08. The summed E-state index contributed by atoms with van der Waals surface area (Å²) in [6.45, 7) is 5.86. The topological polar surface area (TPSA) is 15.3 Å². The Hall–Kier alpha value is -0.940. The number of piperazine rings is 1. The van der Waals surface area contributed by atoms with Gasteiger partial charge in [0, 0.05) is 26.2 Å². The van der Waals surface area contributed by atoms with Gasteiger partial charge in [-0.1, -0.05) is 12.1 Å². The summed E-state index contributed by atoms with van der Waals surface area (Å²) in [6, 6.07) is 7.74. The third-order valence-electron chi connectivity index (χ3n) is 3.98. The predicted octanol–water partition coefficient (Wildman–Crippen LogP) is 3.61. The molecule has 0 saturated carbocycles. The number of halogens is 2. The van der Waals surface area contributed by atoms with Gasteiger partial charge in [-0.2, -0.15) is 11.3 Å². The molecule has 0 unspecified atom stereocenters. The maximum Gasteiger partial charge on any atom is 0.126 e. The summed E-state index contributed by atoms with van der Waals surface area (Å²) < 4.78 is 13.9. The molecule has 2 heterocycles. The summed E-state index contributed by atoms with van der Waals surface area (Å²) in [7, 11) is 0. The van der Waals surface area contributed by atoms with Gasteiger partial charge >= 0.3 is 0 Å². The number of nitrogens with zero attached hydrogens (tertiary/aromatic N) is 1. The molecule has 3 rings (SSSR count). The molecular weight excluding hydrogens is 307 g/mol. The van der Waals surface area contributed by atoms with Crippen LogP contribution < -0.4 is 5.32 Å². The Kier molecular flexibility index (Phi) is 5.76. The average Bonchev–Trinajstić information content (AvgIpc) is 2.99. The molecule has 2 aromatic rings. The van der Waals surface area contributed by atoms with Gasteiger partial charge in [0.1, 0.15) is 5.82 Å². The third kappa shape index (κ3) is 3.46. The zero-order valence-corrected chi connectivity index (χ0v) is 13.6. The highest BCUT2D eigenvalue weighted by Crippen LogP contribution is 2.33. The standard InChI is InChI=1S/C16H19FN2S.ClH/c1-12-14(3-2-4-15(12)17)16(13-5-10-20-11-13)19-8-6-18-7-9-19;/h2-5,10-11,16,18H,6-9H2,1H3;1H/t16-;/m0./s1. The Balaban J connectivity index is 0.00000161. The maximum absolute atomic E-state index is 13.9. The first kappa shape index (κ1) is 16.4. The van der Waals surface area contributed by atoms with Gasteiger partial charge in [-0.3, -0.25) is 4.90 Å². The lowest BCUT2D eigenvalue weighted by Crippen LogP contribution is -2.45. The third-order valence-corrected chi connectivity index (χ3v) is 4.68. The zero-order valence-electron chi connectivity index (χ0n) is 12.0. The van der Waals surface area contributed by atoms with Crippen LogP contribution in [0.4, 0.5) is 4.39 Å². The zero-order chi connectivity index (χ0) is 13.9. The highest BCUT2D eigenvalue weighted by Gasteiger charge is 2.26. The molecule has 1 aliphatic rings. The van der Waals surface area contributed by atoms with Gasteiger partial charge in [0.15, 0.2) is 0 Å². The molecule has 114 valence electrons. The van der Waals surface area contributed by atoms with Crippen LogP contribution in [-0.2, 0) is 0 Å². The largest absolute Gasteiger partial charge is 0.314 e. The molecule has 2 nitrogen and oxygen atoms in total. The van der Waals surface area contributed by atoms with E-state index in [-0.39, 0.29) is 24.3 Å². The quantitative estimate of drug-likeness (QED) is 0.927. The molecular formula is C16H20ClFN2S. The Morgan fingerprint density at radius 3 is 2.67 bits per heavy atom. The van der Waals surface area contributed by atoms with E-state index in [0.717, 1.165) is 37.3 Å². The van der Waals surface area contributed by atoms with Crippen molar-refractivity contribution in [2.24, 2.45) is 0 Å². The van der Waals surface area contributed by atoms with E-state index >= 15 is 0 Å². The summed E-state index contributed by atoms with van der Waals surface area (Å²) in [5.74, 6) is -0.113. The Morgan fingerprint density at radius 1 is 1.24 bits per heavy atom. The lowest BCUT2D eigenvalue weighted by molar-refractivity contribution is 0.198. The van der Waals surface area contributed by atoms with E-state index in [2.05, 4.69) is 33.1 Å². The monoisotopic (exact) mass is 326 g/mol. The minimum absolute atomic E-state index is 0. The molecule has 1 fully saturated rings. The van der Waals surface area contributed by atoms with E-state index in [9.17, 15) is 4.39 Å². The van der Waals surface area contributed by atoms with Crippen molar-refractivity contribution in [3.63, 3.8) is 0 Å². The van der Waals surface area contributed by atoms with E-state index in [0.29, 0.717) is 0 Å². The van der Waals surface area contributed by atoms with Gasteiger partial charge < -0.3 is 5.32 Å². The number of benzene rings is 1. The van der Waals surface area contributed by atoms with Gasteiger partial charge in [0.05, 0.1) is 6.04 Å². The summed E-state index contributed by atoms with van der Waals surface area (Å²) in [5, 5.41) is 7.65. The number of rotatable bonds is 3. The molecule has 0 bridgehead atoms. The molecule has 1 aromatic heterocycles. The fourth-order valence-corrected chi connectivity index (χ4v) is 3.56. The van der Waals surface area contributed by atoms with Crippen LogP contribution in [0.2, 0.25) is 0 Å². The van der Waals surface area contributed by atoms with Crippen molar-refractivity contribution in [1.82, 2.24) is 10.2 Å². The van der Waals surface area contributed by atoms with Crippen LogP contribution >= 0.6 is 23.7 Å². The average molecular weight is 327 g/mol. The van der Waals surface area contributed by atoms with E-state index in [4.69, 9.17) is 0 Å². The minimum Gasteiger partial charge on any atom is -0.314 e. The SMILES string of the molecule is Cc1c(F)cccc1[C@H](c1ccsc1)N1CCNCC1.Cl. The summed E-state index contributed by atoms with van der Waals surface area (Å²) in [5.41, 5.74) is 3.12. The molecule has 1 aromatic carbocycles. The first-order valence-corrected chi connectivity index (χ1v) is 7.93. The summed E-state index contributed by atoms with van der Waals surface area (Å²) in [6.07, 6.45) is 0. The molecule has 1 aliphatic heterocycles. The van der Waals surface area contributed by atoms with E-state index in [1.54, 1.807) is 17.4 Å². The molecule has 1 N–H and O–H groups in total. The molecule has 0 spiro atoms. The van der Waals surface area contributed by atoms with Crippen LogP contribution in [0.5, 0.6) is 0 Å². The second-order valence-corrected chi connectivity index (χ2v) is 5.98. The molecule has 5 heteroatoms. The molecule has 0 aliphatic carbocycles. The fraction of sp³-hybridized carbons (Fsp3) is 0.375. The van der Waals surface area contributed by atoms with Crippen molar-refractivity contribution in [2.75, 3.05) is 26.2 Å². The van der Waals surface area contributed by atoms with Crippen LogP contribution in [0.3, 0.4) is 0 Å². The van der Waals surface area contributed by atoms with Crippen molar-refractivity contribution >= 4 is 23.7 Å². The Bertz CT molecular complexity index is 568. The highest BCUT2D eigenvalue weighted by atomic mass is 35.5. The first-order valence-electron chi connectivity index (χ1n) is 6.99. The van der Waals surface area contributed by atoms with Crippen molar-refractivity contribution < 1.29 is 4.39 Å². The summed E-state index contributed by atoms with van der Waals surface area (Å²) >= 11 is 1.70. The van der Waals surface area contributed by atoms with Gasteiger partial charge in [-0.15, -0.1) is 12.4 Å². The Morgan fingerprint density at radius 2 is 2.00 bits per heavy atom. The van der Waals surface area contributed by atoms with E-state index < -0.39 is 0 Å². The maximum atomic E-state index is 13.9. The van der Waals surface area contributed by atoms with Gasteiger partial charge in [0.2, 0.25) is 0 Å². The smallest absolute Gasteiger partial charge is 0.126 e. The normalized spacial score (nSPS) is 17.2. The van der Waals surface area contributed by atoms with Gasteiger partial charge in [-0.05, 0) is 46.5 Å². The minimum atomic E-state index is -0.113. The van der Waals surface area contributed by atoms with E-state index in [1.165, 1.54) is 5.56 Å². The van der Waals surface area contributed by atoms with Crippen LogP contribution in [0.25, 0.3) is 0 Å². The fourth-order valence-electron chi connectivity index (χ4n) is 2.88. The number of hydrogen-bond donors (Lipinski definition) is 1. The molecule has 21 heavy (non-hydrogen) atoms. The second-order valence-electron chi connectivity index (χ2n) is 5.20. The molecule has 1 atom stereocenters. The second kappa shape index (κ2) is 7.36. The van der Waals surface area contributed by atoms with Gasteiger partial charge in [0.25, 0.3) is 0 Å². The van der Waals surface area contributed by atoms with Crippen LogP contribution in [0.15, 0.2) is 35.0 Å². The van der Waals surface area contributed by atoms with Crippen molar-refractivity contribution in [3.8, 4) is 0 Å². The first-order chi connectivity index (χ1) is 9.77. The van der Waals surface area contributed by atoms with Crippen molar-refractivity contribution in [3.05, 3.63) is 57.5 Å². The van der Waals surface area contributed by atoms with Crippen molar-refractivity contribution in [2.45, 2.75) is 13.0 Å². The van der Waals surface area contributed by atoms with E-state index in [1.807, 2.05) is 13.0 Å². The van der Waals surface area contributed by atoms with Crippen LogP contribution in [0.1, 0.15) is 22.7 Å². The number of hydrogen-bond acceptors (Lipinski definition) is 3. The lowest BCUT2D eigenvalue weighted by Gasteiger charge is -2.35. The van der Waals surface area contributed by atoms with Gasteiger partial charge in [-0.25, -0.2) is 4.39 Å². The van der Waals surface area contributed by atoms with Crippen LogP contribution in [-0.4, -0.2) is 31.1 Å². The number of nitrogens with one attached hydrogen (secondary N) is 1. The Labute approximate surface area is 135 Å². The molecule has 0 radical (unpaired) electrons. The lowest BCUT2D eigenvalue weighted by atomic mass is 9.94. The van der Waals surface area contributed by atoms with Crippen LogP contribution in [0, 0.1) is 12.7 Å². The van der Waals surface area contributed by atoms with Crippen molar-refractivity contribution in [1.29, 1.82) is 0 Å². The molecule has 0 amide bonds. The molecule has 1 saturated heterocycles. The number of thiophene rings is 1. The summed E-state index contributed by atoms with van der Waals surface area (Å²) in [4.78, 5) is 2.44.